The number of carbonyl (C=O) groups is 2. The molecule has 0 radical (unpaired) electrons. The fourth-order valence-corrected chi connectivity index (χ4v) is 2.17. The smallest absolute Gasteiger partial charge is 0.309 e. The Balaban J connectivity index is 1.79. The van der Waals surface area contributed by atoms with Gasteiger partial charge in [-0.3, -0.25) is 9.59 Å². The van der Waals surface area contributed by atoms with E-state index in [0.29, 0.717) is 5.92 Å². The second kappa shape index (κ2) is 5.69. The molecule has 1 N–H and O–H groups in total. The largest absolute Gasteiger partial charge is 0.455 e. The molecule has 4 nitrogen and oxygen atoms in total. The minimum absolute atomic E-state index is 0.00494. The molecule has 1 aliphatic carbocycles. The first kappa shape index (κ1) is 13.3. The summed E-state index contributed by atoms with van der Waals surface area (Å²) >= 11 is 2.14. The monoisotopic (exact) mass is 359 g/mol. The SMILES string of the molecule is C[C@@H]1C[C@@H]1C(=O)OCC(=O)Nc1ccccc1I. The van der Waals surface area contributed by atoms with Gasteiger partial charge in [-0.15, -0.1) is 0 Å². The summed E-state index contributed by atoms with van der Waals surface area (Å²) < 4.78 is 5.91. The number of para-hydroxylation sites is 1. The van der Waals surface area contributed by atoms with Crippen LogP contribution in [0.1, 0.15) is 13.3 Å². The van der Waals surface area contributed by atoms with E-state index in [2.05, 4.69) is 27.9 Å². The Morgan fingerprint density at radius 3 is 2.72 bits per heavy atom. The molecule has 0 spiro atoms. The fraction of sp³-hybridized carbons (Fsp3) is 0.385. The normalized spacial score (nSPS) is 21.2. The number of hydrogen-bond donors (Lipinski definition) is 1. The number of rotatable bonds is 4. The Hall–Kier alpha value is -1.11. The first-order valence-corrected chi connectivity index (χ1v) is 6.87. The quantitative estimate of drug-likeness (QED) is 0.664. The van der Waals surface area contributed by atoms with E-state index in [4.69, 9.17) is 4.74 Å². The minimum atomic E-state index is -0.305. The van der Waals surface area contributed by atoms with Gasteiger partial charge in [-0.05, 0) is 47.1 Å². The predicted molar refractivity (Wildman–Crippen MR) is 76.0 cm³/mol. The van der Waals surface area contributed by atoms with Crippen LogP contribution in [-0.4, -0.2) is 18.5 Å². The zero-order valence-electron chi connectivity index (χ0n) is 9.98. The molecule has 2 atom stereocenters. The molecule has 1 saturated carbocycles. The van der Waals surface area contributed by atoms with Gasteiger partial charge in [-0.2, -0.15) is 0 Å². The lowest BCUT2D eigenvalue weighted by atomic mass is 10.3. The molecule has 1 aromatic rings. The summed E-state index contributed by atoms with van der Waals surface area (Å²) in [5, 5.41) is 2.71. The number of carbonyl (C=O) groups excluding carboxylic acids is 2. The summed E-state index contributed by atoms with van der Waals surface area (Å²) in [5.74, 6) is -0.175. The van der Waals surface area contributed by atoms with E-state index in [1.165, 1.54) is 0 Å². The molecular formula is C13H14INO3. The third-order valence-electron chi connectivity index (χ3n) is 2.91. The molecule has 0 aliphatic heterocycles. The number of esters is 1. The summed E-state index contributed by atoms with van der Waals surface area (Å²) in [7, 11) is 0. The first-order chi connectivity index (χ1) is 8.58. The predicted octanol–water partition coefficient (Wildman–Crippen LogP) is 2.43. The number of anilines is 1. The van der Waals surface area contributed by atoms with E-state index in [0.717, 1.165) is 15.7 Å². The molecule has 5 heteroatoms. The summed E-state index contributed by atoms with van der Waals surface area (Å²) in [4.78, 5) is 23.0. The van der Waals surface area contributed by atoms with Crippen LogP contribution in [-0.2, 0) is 14.3 Å². The highest BCUT2D eigenvalue weighted by Gasteiger charge is 2.40. The standard InChI is InChI=1S/C13H14INO3/c1-8-6-9(8)13(17)18-7-12(16)15-11-5-3-2-4-10(11)14/h2-5,8-9H,6-7H2,1H3,(H,15,16)/t8-,9+/m1/s1. The lowest BCUT2D eigenvalue weighted by Crippen LogP contribution is -2.22. The first-order valence-electron chi connectivity index (χ1n) is 5.79. The van der Waals surface area contributed by atoms with E-state index >= 15 is 0 Å². The average Bonchev–Trinajstić information content (AvgIpc) is 3.06. The molecule has 0 heterocycles. The van der Waals surface area contributed by atoms with Crippen LogP contribution in [0.2, 0.25) is 0 Å². The summed E-state index contributed by atoms with van der Waals surface area (Å²) in [6, 6.07) is 7.44. The van der Waals surface area contributed by atoms with Gasteiger partial charge in [0.05, 0.1) is 11.6 Å². The van der Waals surface area contributed by atoms with Crippen molar-refractivity contribution in [3.63, 3.8) is 0 Å². The summed E-state index contributed by atoms with van der Waals surface area (Å²) in [6.45, 7) is 1.78. The van der Waals surface area contributed by atoms with Crippen LogP contribution >= 0.6 is 22.6 Å². The third-order valence-corrected chi connectivity index (χ3v) is 3.85. The van der Waals surface area contributed by atoms with Crippen molar-refractivity contribution in [2.75, 3.05) is 11.9 Å². The van der Waals surface area contributed by atoms with Crippen molar-refractivity contribution in [1.82, 2.24) is 0 Å². The van der Waals surface area contributed by atoms with Gasteiger partial charge in [0.25, 0.3) is 5.91 Å². The third kappa shape index (κ3) is 3.44. The fourth-order valence-electron chi connectivity index (χ4n) is 1.64. The topological polar surface area (TPSA) is 55.4 Å². The van der Waals surface area contributed by atoms with Gasteiger partial charge < -0.3 is 10.1 Å². The van der Waals surface area contributed by atoms with Crippen molar-refractivity contribution in [3.05, 3.63) is 27.8 Å². The minimum Gasteiger partial charge on any atom is -0.455 e. The Morgan fingerprint density at radius 1 is 1.44 bits per heavy atom. The highest BCUT2D eigenvalue weighted by molar-refractivity contribution is 14.1. The lowest BCUT2D eigenvalue weighted by molar-refractivity contribution is -0.148. The second-order valence-electron chi connectivity index (χ2n) is 4.46. The van der Waals surface area contributed by atoms with Crippen molar-refractivity contribution < 1.29 is 14.3 Å². The number of nitrogens with one attached hydrogen (secondary N) is 1. The molecule has 1 fully saturated rings. The van der Waals surface area contributed by atoms with Gasteiger partial charge in [0.2, 0.25) is 0 Å². The van der Waals surface area contributed by atoms with Crippen molar-refractivity contribution >= 4 is 40.2 Å². The molecule has 0 saturated heterocycles. The highest BCUT2D eigenvalue weighted by atomic mass is 127. The number of ether oxygens (including phenoxy) is 1. The van der Waals surface area contributed by atoms with Crippen LogP contribution in [0.4, 0.5) is 5.69 Å². The number of benzene rings is 1. The van der Waals surface area contributed by atoms with Crippen molar-refractivity contribution in [1.29, 1.82) is 0 Å². The van der Waals surface area contributed by atoms with Crippen molar-refractivity contribution in [2.45, 2.75) is 13.3 Å². The van der Waals surface area contributed by atoms with Gasteiger partial charge in [-0.1, -0.05) is 19.1 Å². The summed E-state index contributed by atoms with van der Waals surface area (Å²) in [6.07, 6.45) is 0.872. The zero-order chi connectivity index (χ0) is 13.1. The molecule has 0 bridgehead atoms. The lowest BCUT2D eigenvalue weighted by Gasteiger charge is -2.07. The van der Waals surface area contributed by atoms with Crippen LogP contribution in [0.25, 0.3) is 0 Å². The Morgan fingerprint density at radius 2 is 2.11 bits per heavy atom. The van der Waals surface area contributed by atoms with Crippen LogP contribution < -0.4 is 5.32 Å². The van der Waals surface area contributed by atoms with Crippen molar-refractivity contribution in [2.24, 2.45) is 11.8 Å². The molecule has 2 rings (SSSR count). The Bertz CT molecular complexity index is 475. The molecular weight excluding hydrogens is 345 g/mol. The maximum absolute atomic E-state index is 11.6. The van der Waals surface area contributed by atoms with Gasteiger partial charge >= 0.3 is 5.97 Å². The van der Waals surface area contributed by atoms with Crippen molar-refractivity contribution in [3.8, 4) is 0 Å². The Kier molecular flexibility index (Phi) is 4.21. The molecule has 0 unspecified atom stereocenters. The van der Waals surface area contributed by atoms with E-state index in [-0.39, 0.29) is 24.4 Å². The van der Waals surface area contributed by atoms with E-state index in [1.54, 1.807) is 0 Å². The highest BCUT2D eigenvalue weighted by Crippen LogP contribution is 2.38. The summed E-state index contributed by atoms with van der Waals surface area (Å²) in [5.41, 5.74) is 0.735. The molecule has 96 valence electrons. The van der Waals surface area contributed by atoms with Crippen LogP contribution in [0, 0.1) is 15.4 Å². The van der Waals surface area contributed by atoms with Crippen LogP contribution in [0.3, 0.4) is 0 Å². The number of hydrogen-bond acceptors (Lipinski definition) is 3. The molecule has 0 aromatic heterocycles. The van der Waals surface area contributed by atoms with E-state index < -0.39 is 0 Å². The second-order valence-corrected chi connectivity index (χ2v) is 5.62. The maximum atomic E-state index is 11.6. The average molecular weight is 359 g/mol. The van der Waals surface area contributed by atoms with Crippen LogP contribution in [0.15, 0.2) is 24.3 Å². The van der Waals surface area contributed by atoms with Crippen LogP contribution in [0.5, 0.6) is 0 Å². The Labute approximate surface area is 119 Å². The zero-order valence-corrected chi connectivity index (χ0v) is 12.1. The van der Waals surface area contributed by atoms with Gasteiger partial charge in [0, 0.05) is 3.57 Å². The molecule has 1 amide bonds. The van der Waals surface area contributed by atoms with Gasteiger partial charge in [0.1, 0.15) is 0 Å². The molecule has 1 aliphatic rings. The number of amides is 1. The maximum Gasteiger partial charge on any atom is 0.309 e. The number of halogens is 1. The van der Waals surface area contributed by atoms with E-state index in [9.17, 15) is 9.59 Å². The van der Waals surface area contributed by atoms with Gasteiger partial charge in [-0.25, -0.2) is 0 Å². The van der Waals surface area contributed by atoms with Gasteiger partial charge in [0.15, 0.2) is 6.61 Å². The molecule has 18 heavy (non-hydrogen) atoms. The molecule has 1 aromatic carbocycles. The van der Waals surface area contributed by atoms with E-state index in [1.807, 2.05) is 31.2 Å².